The second-order valence-electron chi connectivity index (χ2n) is 5.19. The number of benzene rings is 1. The maximum atomic E-state index is 12.0. The molecule has 112 valence electrons. The summed E-state index contributed by atoms with van der Waals surface area (Å²) in [5.41, 5.74) is -0.408. The van der Waals surface area contributed by atoms with Crippen LogP contribution in [0.2, 0.25) is 0 Å². The second-order valence-corrected chi connectivity index (χ2v) is 5.19. The Kier molecular flexibility index (Phi) is 4.62. The summed E-state index contributed by atoms with van der Waals surface area (Å²) in [6.07, 6.45) is 2.73. The molecule has 2 rings (SSSR count). The quantitative estimate of drug-likeness (QED) is 0.888. The van der Waals surface area contributed by atoms with Crippen molar-refractivity contribution >= 4 is 0 Å². The van der Waals surface area contributed by atoms with Crippen molar-refractivity contribution in [2.45, 2.75) is 39.2 Å². The van der Waals surface area contributed by atoms with E-state index in [1.165, 1.54) is 4.57 Å². The highest BCUT2D eigenvalue weighted by atomic mass is 16.3. The highest BCUT2D eigenvalue weighted by Crippen LogP contribution is 2.27. The molecular weight excluding hydrogens is 268 g/mol. The van der Waals surface area contributed by atoms with Crippen molar-refractivity contribution in [1.82, 2.24) is 9.55 Å². The van der Waals surface area contributed by atoms with Crippen LogP contribution in [0.5, 0.6) is 5.88 Å². The van der Waals surface area contributed by atoms with Gasteiger partial charge in [-0.2, -0.15) is 0 Å². The lowest BCUT2D eigenvalue weighted by Crippen LogP contribution is -2.32. The van der Waals surface area contributed by atoms with Crippen molar-refractivity contribution in [2.24, 2.45) is 0 Å². The number of hydrogen-bond donors (Lipinski definition) is 2. The molecule has 2 aromatic rings. The van der Waals surface area contributed by atoms with Crippen LogP contribution in [0.4, 0.5) is 0 Å². The molecule has 1 aromatic carbocycles. The van der Waals surface area contributed by atoms with E-state index in [2.05, 4.69) is 11.9 Å². The summed E-state index contributed by atoms with van der Waals surface area (Å²) < 4.78 is 1.26. The molecular formula is C16H20N2O3. The minimum absolute atomic E-state index is 0.138. The van der Waals surface area contributed by atoms with Crippen LogP contribution < -0.4 is 11.2 Å². The van der Waals surface area contributed by atoms with Gasteiger partial charge in [0.25, 0.3) is 5.56 Å². The number of aromatic amines is 1. The first-order valence-corrected chi connectivity index (χ1v) is 7.19. The number of aromatic hydroxyl groups is 1. The predicted octanol–water partition coefficient (Wildman–Crippen LogP) is 2.66. The molecule has 0 aliphatic carbocycles. The van der Waals surface area contributed by atoms with Crippen molar-refractivity contribution in [3.8, 4) is 17.0 Å². The Bertz CT molecular complexity index is 717. The van der Waals surface area contributed by atoms with Gasteiger partial charge in [0.2, 0.25) is 5.88 Å². The lowest BCUT2D eigenvalue weighted by atomic mass is 10.1. The van der Waals surface area contributed by atoms with Crippen molar-refractivity contribution in [3.63, 3.8) is 0 Å². The number of nitrogens with zero attached hydrogens (tertiary/aromatic N) is 1. The first-order valence-electron chi connectivity index (χ1n) is 7.19. The molecule has 2 N–H and O–H groups in total. The Morgan fingerprint density at radius 3 is 2.52 bits per heavy atom. The summed E-state index contributed by atoms with van der Waals surface area (Å²) in [4.78, 5) is 26.3. The molecule has 1 unspecified atom stereocenters. The molecule has 1 heterocycles. The Morgan fingerprint density at radius 2 is 1.90 bits per heavy atom. The molecule has 0 bridgehead atoms. The molecule has 5 nitrogen and oxygen atoms in total. The smallest absolute Gasteiger partial charge is 0.331 e. The molecule has 0 radical (unpaired) electrons. The van der Waals surface area contributed by atoms with Crippen LogP contribution in [0.3, 0.4) is 0 Å². The highest BCUT2D eigenvalue weighted by Gasteiger charge is 2.18. The summed E-state index contributed by atoms with van der Waals surface area (Å²) in [6, 6.07) is 8.69. The second kappa shape index (κ2) is 6.43. The van der Waals surface area contributed by atoms with Crippen molar-refractivity contribution in [1.29, 1.82) is 0 Å². The van der Waals surface area contributed by atoms with E-state index >= 15 is 0 Å². The number of hydrogen-bond acceptors (Lipinski definition) is 3. The fourth-order valence-electron chi connectivity index (χ4n) is 2.44. The average Bonchev–Trinajstić information content (AvgIpc) is 2.45. The fourth-order valence-corrected chi connectivity index (χ4v) is 2.44. The largest absolute Gasteiger partial charge is 0.494 e. The molecule has 0 spiro atoms. The van der Waals surface area contributed by atoms with Gasteiger partial charge >= 0.3 is 5.69 Å². The van der Waals surface area contributed by atoms with Gasteiger partial charge in [-0.05, 0) is 18.9 Å². The third-order valence-corrected chi connectivity index (χ3v) is 3.60. The van der Waals surface area contributed by atoms with Gasteiger partial charge in [-0.25, -0.2) is 4.79 Å². The van der Waals surface area contributed by atoms with E-state index in [-0.39, 0.29) is 17.5 Å². The van der Waals surface area contributed by atoms with Gasteiger partial charge in [0.05, 0.1) is 0 Å². The molecule has 0 aliphatic rings. The van der Waals surface area contributed by atoms with E-state index in [4.69, 9.17) is 0 Å². The highest BCUT2D eigenvalue weighted by molar-refractivity contribution is 5.67. The SMILES string of the molecule is CCCCC(C)n1c(O)c(-c2ccccc2)c(=O)[nH]c1=O. The third-order valence-electron chi connectivity index (χ3n) is 3.60. The summed E-state index contributed by atoms with van der Waals surface area (Å²) in [5, 5.41) is 10.4. The van der Waals surface area contributed by atoms with Gasteiger partial charge in [-0.1, -0.05) is 50.1 Å². The number of nitrogens with one attached hydrogen (secondary N) is 1. The maximum Gasteiger partial charge on any atom is 0.331 e. The lowest BCUT2D eigenvalue weighted by molar-refractivity contribution is 0.360. The van der Waals surface area contributed by atoms with Crippen LogP contribution >= 0.6 is 0 Å². The summed E-state index contributed by atoms with van der Waals surface area (Å²) >= 11 is 0. The molecule has 1 aromatic heterocycles. The summed E-state index contributed by atoms with van der Waals surface area (Å²) in [7, 11) is 0. The Labute approximate surface area is 122 Å². The van der Waals surface area contributed by atoms with E-state index in [0.29, 0.717) is 5.56 Å². The number of unbranched alkanes of at least 4 members (excludes halogenated alkanes) is 1. The number of rotatable bonds is 5. The minimum Gasteiger partial charge on any atom is -0.494 e. The number of aromatic nitrogens is 2. The van der Waals surface area contributed by atoms with Gasteiger partial charge < -0.3 is 5.11 Å². The van der Waals surface area contributed by atoms with Crippen LogP contribution in [-0.2, 0) is 0 Å². The average molecular weight is 288 g/mol. The van der Waals surface area contributed by atoms with Crippen LogP contribution in [0.25, 0.3) is 11.1 Å². The van der Waals surface area contributed by atoms with Gasteiger partial charge in [-0.15, -0.1) is 0 Å². The van der Waals surface area contributed by atoms with E-state index < -0.39 is 11.2 Å². The zero-order chi connectivity index (χ0) is 15.4. The summed E-state index contributed by atoms with van der Waals surface area (Å²) in [5.74, 6) is -0.265. The van der Waals surface area contributed by atoms with Gasteiger partial charge in [0, 0.05) is 6.04 Å². The van der Waals surface area contributed by atoms with E-state index in [1.807, 2.05) is 13.0 Å². The van der Waals surface area contributed by atoms with Gasteiger partial charge in [0.15, 0.2) is 0 Å². The van der Waals surface area contributed by atoms with E-state index in [1.54, 1.807) is 24.3 Å². The molecule has 0 amide bonds. The third kappa shape index (κ3) is 3.07. The maximum absolute atomic E-state index is 12.0. The molecule has 0 saturated heterocycles. The summed E-state index contributed by atoms with van der Waals surface area (Å²) in [6.45, 7) is 3.93. The van der Waals surface area contributed by atoms with Gasteiger partial charge in [0.1, 0.15) is 5.56 Å². The Balaban J connectivity index is 2.59. The number of H-pyrrole nitrogens is 1. The van der Waals surface area contributed by atoms with Crippen LogP contribution in [0, 0.1) is 0 Å². The molecule has 0 fully saturated rings. The lowest BCUT2D eigenvalue weighted by Gasteiger charge is -2.17. The topological polar surface area (TPSA) is 75.1 Å². The van der Waals surface area contributed by atoms with Crippen LogP contribution in [0.1, 0.15) is 39.2 Å². The fraction of sp³-hybridized carbons (Fsp3) is 0.375. The van der Waals surface area contributed by atoms with Crippen LogP contribution in [0.15, 0.2) is 39.9 Å². The van der Waals surface area contributed by atoms with Gasteiger partial charge in [-0.3, -0.25) is 14.3 Å². The monoisotopic (exact) mass is 288 g/mol. The standard InChI is InChI=1S/C16H20N2O3/c1-3-4-8-11(2)18-15(20)13(14(19)17-16(18)21)12-9-6-5-7-10-12/h5-7,9-11,20H,3-4,8H2,1-2H3,(H,17,19,21). The normalized spacial score (nSPS) is 12.3. The Morgan fingerprint density at radius 1 is 1.24 bits per heavy atom. The van der Waals surface area contributed by atoms with E-state index in [9.17, 15) is 14.7 Å². The molecule has 5 heteroatoms. The van der Waals surface area contributed by atoms with Crippen LogP contribution in [-0.4, -0.2) is 14.7 Å². The van der Waals surface area contributed by atoms with Crippen molar-refractivity contribution < 1.29 is 5.11 Å². The predicted molar refractivity (Wildman–Crippen MR) is 82.7 cm³/mol. The van der Waals surface area contributed by atoms with E-state index in [0.717, 1.165) is 19.3 Å². The molecule has 1 atom stereocenters. The van der Waals surface area contributed by atoms with Crippen molar-refractivity contribution in [2.75, 3.05) is 0 Å². The zero-order valence-electron chi connectivity index (χ0n) is 12.3. The first-order chi connectivity index (χ1) is 10.1. The molecule has 21 heavy (non-hydrogen) atoms. The zero-order valence-corrected chi connectivity index (χ0v) is 12.3. The van der Waals surface area contributed by atoms with Crippen molar-refractivity contribution in [3.05, 3.63) is 51.2 Å². The first kappa shape index (κ1) is 15.1. The minimum atomic E-state index is -0.569. The molecule has 0 aliphatic heterocycles. The molecule has 0 saturated carbocycles. The Hall–Kier alpha value is -2.30.